The van der Waals surface area contributed by atoms with E-state index >= 15 is 0 Å². The molecule has 8 nitrogen and oxygen atoms in total. The molecule has 1 aliphatic rings. The normalized spacial score (nSPS) is 15.3. The molecular formula is C12H20N6O2. The van der Waals surface area contributed by atoms with E-state index in [4.69, 9.17) is 10.5 Å². The highest BCUT2D eigenvalue weighted by atomic mass is 16.5. The van der Waals surface area contributed by atoms with Crippen molar-refractivity contribution < 1.29 is 9.53 Å². The summed E-state index contributed by atoms with van der Waals surface area (Å²) in [6, 6.07) is 0.253. The summed E-state index contributed by atoms with van der Waals surface area (Å²) in [6.07, 6.45) is 0.873. The maximum Gasteiger partial charge on any atom is 0.323 e. The van der Waals surface area contributed by atoms with Crippen molar-refractivity contribution in [3.8, 4) is 6.01 Å². The molecule has 110 valence electrons. The number of anilines is 2. The number of piperazine rings is 1. The van der Waals surface area contributed by atoms with E-state index in [1.54, 1.807) is 11.8 Å². The molecule has 2 N–H and O–H groups in total. The summed E-state index contributed by atoms with van der Waals surface area (Å²) in [5, 5.41) is 0. The van der Waals surface area contributed by atoms with Crippen LogP contribution in [-0.4, -0.2) is 58.5 Å². The van der Waals surface area contributed by atoms with Gasteiger partial charge in [0.15, 0.2) is 0 Å². The summed E-state index contributed by atoms with van der Waals surface area (Å²) in [6.45, 7) is 6.80. The number of nitrogen functional groups attached to an aromatic ring is 1. The van der Waals surface area contributed by atoms with E-state index in [9.17, 15) is 4.79 Å². The largest absolute Gasteiger partial charge is 0.463 e. The topological polar surface area (TPSA) is 97.5 Å². The van der Waals surface area contributed by atoms with Crippen molar-refractivity contribution in [2.24, 2.45) is 0 Å². The van der Waals surface area contributed by atoms with Gasteiger partial charge in [-0.15, -0.1) is 0 Å². The zero-order valence-electron chi connectivity index (χ0n) is 11.9. The molecule has 2 rings (SSSR count). The third-order valence-electron chi connectivity index (χ3n) is 3.06. The van der Waals surface area contributed by atoms with Gasteiger partial charge >= 0.3 is 6.01 Å². The molecule has 0 radical (unpaired) electrons. The molecule has 1 aliphatic heterocycles. The van der Waals surface area contributed by atoms with Crippen molar-refractivity contribution in [1.29, 1.82) is 0 Å². The predicted octanol–water partition coefficient (Wildman–Crippen LogP) is -0.0889. The molecule has 2 heterocycles. The molecule has 1 aromatic heterocycles. The summed E-state index contributed by atoms with van der Waals surface area (Å²) in [5.41, 5.74) is 5.68. The monoisotopic (exact) mass is 280 g/mol. The number of rotatable bonds is 4. The Hall–Kier alpha value is -2.12. The van der Waals surface area contributed by atoms with E-state index in [-0.39, 0.29) is 17.9 Å². The number of aromatic nitrogens is 3. The quantitative estimate of drug-likeness (QED) is 0.823. The Morgan fingerprint density at radius 2 is 1.95 bits per heavy atom. The third-order valence-corrected chi connectivity index (χ3v) is 3.06. The molecular weight excluding hydrogens is 260 g/mol. The van der Waals surface area contributed by atoms with Gasteiger partial charge in [-0.3, -0.25) is 4.79 Å². The second kappa shape index (κ2) is 6.36. The molecule has 0 aromatic carbocycles. The lowest BCUT2D eigenvalue weighted by atomic mass is 10.3. The van der Waals surface area contributed by atoms with Crippen molar-refractivity contribution >= 4 is 17.8 Å². The second-order valence-corrected chi connectivity index (χ2v) is 4.62. The third kappa shape index (κ3) is 3.46. The number of ether oxygens (including phenoxy) is 1. The molecule has 1 fully saturated rings. The molecule has 0 aliphatic carbocycles. The molecule has 1 aromatic rings. The molecule has 1 saturated heterocycles. The first kappa shape index (κ1) is 14.3. The number of hydrogen-bond acceptors (Lipinski definition) is 7. The predicted molar refractivity (Wildman–Crippen MR) is 74.5 cm³/mol. The van der Waals surface area contributed by atoms with Gasteiger partial charge in [0.2, 0.25) is 17.8 Å². The minimum absolute atomic E-state index is 0.0896. The van der Waals surface area contributed by atoms with Crippen LogP contribution in [0.5, 0.6) is 6.01 Å². The van der Waals surface area contributed by atoms with E-state index in [0.29, 0.717) is 38.7 Å². The van der Waals surface area contributed by atoms with Crippen LogP contribution in [0.25, 0.3) is 0 Å². The Bertz CT molecular complexity index is 473. The van der Waals surface area contributed by atoms with Crippen LogP contribution in [0.2, 0.25) is 0 Å². The second-order valence-electron chi connectivity index (χ2n) is 4.62. The van der Waals surface area contributed by atoms with Gasteiger partial charge in [0, 0.05) is 33.1 Å². The number of nitrogens with two attached hydrogens (primary N) is 1. The van der Waals surface area contributed by atoms with Crippen LogP contribution in [0.4, 0.5) is 11.9 Å². The van der Waals surface area contributed by atoms with Crippen molar-refractivity contribution in [1.82, 2.24) is 19.9 Å². The molecule has 20 heavy (non-hydrogen) atoms. The van der Waals surface area contributed by atoms with Crippen LogP contribution in [0.15, 0.2) is 0 Å². The molecule has 1 amide bonds. The number of hydrogen-bond donors (Lipinski definition) is 1. The zero-order chi connectivity index (χ0) is 14.5. The van der Waals surface area contributed by atoms with E-state index in [2.05, 4.69) is 15.0 Å². The molecule has 0 unspecified atom stereocenters. The van der Waals surface area contributed by atoms with Gasteiger partial charge in [0.1, 0.15) is 0 Å². The van der Waals surface area contributed by atoms with Crippen molar-refractivity contribution in [3.05, 3.63) is 0 Å². The molecule has 8 heteroatoms. The SMILES string of the molecule is CCCOc1nc(N)nc(N2CCN(C(C)=O)CC2)n1. The van der Waals surface area contributed by atoms with Crippen LogP contribution in [0, 0.1) is 0 Å². The lowest BCUT2D eigenvalue weighted by Crippen LogP contribution is -2.48. The fraction of sp³-hybridized carbons (Fsp3) is 0.667. The van der Waals surface area contributed by atoms with Gasteiger partial charge in [0.05, 0.1) is 6.61 Å². The Labute approximate surface area is 118 Å². The average molecular weight is 280 g/mol. The highest BCUT2D eigenvalue weighted by Gasteiger charge is 2.21. The van der Waals surface area contributed by atoms with Crippen LogP contribution >= 0.6 is 0 Å². The minimum Gasteiger partial charge on any atom is -0.463 e. The lowest BCUT2D eigenvalue weighted by Gasteiger charge is -2.34. The fourth-order valence-corrected chi connectivity index (χ4v) is 1.98. The van der Waals surface area contributed by atoms with Crippen molar-refractivity contribution in [2.75, 3.05) is 43.4 Å². The van der Waals surface area contributed by atoms with Gasteiger partial charge in [0.25, 0.3) is 0 Å². The molecule has 0 spiro atoms. The molecule has 0 bridgehead atoms. The van der Waals surface area contributed by atoms with Crippen molar-refractivity contribution in [2.45, 2.75) is 20.3 Å². The van der Waals surface area contributed by atoms with Crippen LogP contribution in [-0.2, 0) is 4.79 Å². The van der Waals surface area contributed by atoms with E-state index < -0.39 is 0 Å². The summed E-state index contributed by atoms with van der Waals surface area (Å²) in [7, 11) is 0. The fourth-order valence-electron chi connectivity index (χ4n) is 1.98. The van der Waals surface area contributed by atoms with Crippen LogP contribution in [0.1, 0.15) is 20.3 Å². The number of carbonyl (C=O) groups is 1. The van der Waals surface area contributed by atoms with E-state index in [1.807, 2.05) is 11.8 Å². The smallest absolute Gasteiger partial charge is 0.323 e. The first-order valence-corrected chi connectivity index (χ1v) is 6.75. The maximum atomic E-state index is 11.3. The lowest BCUT2D eigenvalue weighted by molar-refractivity contribution is -0.129. The molecule has 0 atom stereocenters. The van der Waals surface area contributed by atoms with Gasteiger partial charge in [-0.25, -0.2) is 0 Å². The summed E-state index contributed by atoms with van der Waals surface area (Å²) < 4.78 is 5.39. The molecule has 0 saturated carbocycles. The first-order valence-electron chi connectivity index (χ1n) is 6.75. The summed E-state index contributed by atoms with van der Waals surface area (Å²) in [4.78, 5) is 27.4. The van der Waals surface area contributed by atoms with Crippen LogP contribution in [0.3, 0.4) is 0 Å². The number of nitrogens with zero attached hydrogens (tertiary/aromatic N) is 5. The van der Waals surface area contributed by atoms with Crippen molar-refractivity contribution in [3.63, 3.8) is 0 Å². The summed E-state index contributed by atoms with van der Waals surface area (Å²) in [5.74, 6) is 0.744. The number of carbonyl (C=O) groups excluding carboxylic acids is 1. The van der Waals surface area contributed by atoms with Gasteiger partial charge < -0.3 is 20.3 Å². The van der Waals surface area contributed by atoms with Gasteiger partial charge in [-0.1, -0.05) is 6.92 Å². The highest BCUT2D eigenvalue weighted by molar-refractivity contribution is 5.73. The number of amides is 1. The highest BCUT2D eigenvalue weighted by Crippen LogP contribution is 2.15. The maximum absolute atomic E-state index is 11.3. The standard InChI is InChI=1S/C12H20N6O2/c1-3-8-20-12-15-10(13)14-11(16-12)18-6-4-17(5-7-18)9(2)19/h3-8H2,1-2H3,(H2,13,14,15,16). The van der Waals surface area contributed by atoms with E-state index in [1.165, 1.54) is 0 Å². The van der Waals surface area contributed by atoms with Gasteiger partial charge in [-0.2, -0.15) is 15.0 Å². The Balaban J connectivity index is 2.05. The first-order chi connectivity index (χ1) is 9.60. The Morgan fingerprint density at radius 3 is 2.55 bits per heavy atom. The zero-order valence-corrected chi connectivity index (χ0v) is 11.9. The Morgan fingerprint density at radius 1 is 1.25 bits per heavy atom. The minimum atomic E-state index is 0.0896. The van der Waals surface area contributed by atoms with Crippen LogP contribution < -0.4 is 15.4 Å². The van der Waals surface area contributed by atoms with Gasteiger partial charge in [-0.05, 0) is 6.42 Å². The summed E-state index contributed by atoms with van der Waals surface area (Å²) >= 11 is 0. The van der Waals surface area contributed by atoms with E-state index in [0.717, 1.165) is 6.42 Å². The Kier molecular flexibility index (Phi) is 4.54. The average Bonchev–Trinajstić information content (AvgIpc) is 2.44.